The highest BCUT2D eigenvalue weighted by Crippen LogP contribution is 2.38. The van der Waals surface area contributed by atoms with E-state index in [0.717, 1.165) is 51.4 Å². The first-order chi connectivity index (χ1) is 31.4. The fourth-order valence-electron chi connectivity index (χ4n) is 8.95. The van der Waals surface area contributed by atoms with Gasteiger partial charge in [-0.1, -0.05) is 64.7 Å². The number of rotatable bonds is 10. The van der Waals surface area contributed by atoms with Crippen molar-refractivity contribution in [1.82, 2.24) is 0 Å². The molecule has 0 aliphatic carbocycles. The van der Waals surface area contributed by atoms with Gasteiger partial charge in [-0.2, -0.15) is 0 Å². The van der Waals surface area contributed by atoms with Gasteiger partial charge in [-0.05, 0) is 53.9 Å². The summed E-state index contributed by atoms with van der Waals surface area (Å²) in [7, 11) is 0. The number of carbonyl (C=O) groups is 2. The molecule has 5 fully saturated rings. The summed E-state index contributed by atoms with van der Waals surface area (Å²) in [6.07, 6.45) is -23.2. The molecule has 0 amide bonds. The van der Waals surface area contributed by atoms with Crippen molar-refractivity contribution in [1.29, 1.82) is 0 Å². The third-order valence-electron chi connectivity index (χ3n) is 13.5. The van der Waals surface area contributed by atoms with Crippen molar-refractivity contribution in [2.75, 3.05) is 6.61 Å². The van der Waals surface area contributed by atoms with Crippen LogP contribution in [0.4, 0.5) is 0 Å². The number of hydrogen-bond donors (Lipinski definition) is 9. The number of unbranched alkanes of at least 4 members (excludes halogenated alkanes) is 2. The van der Waals surface area contributed by atoms with E-state index in [1.54, 1.807) is 6.92 Å². The van der Waals surface area contributed by atoms with Gasteiger partial charge in [0.25, 0.3) is 0 Å². The highest BCUT2D eigenvalue weighted by atomic mass is 16.8. The van der Waals surface area contributed by atoms with Crippen LogP contribution in [0.25, 0.3) is 0 Å². The van der Waals surface area contributed by atoms with Crippen molar-refractivity contribution in [3.63, 3.8) is 0 Å². The van der Waals surface area contributed by atoms with Crippen molar-refractivity contribution in [3.05, 3.63) is 0 Å². The van der Waals surface area contributed by atoms with Crippen LogP contribution < -0.4 is 0 Å². The quantitative estimate of drug-likeness (QED) is 0.102. The Hall–Kier alpha value is -1.74. The maximum Gasteiger partial charge on any atom is 0.311 e. The standard InChI is InChI=1S/C45H78O21/c1-7-8-14-17-26-18-15-12-10-9-11-13-16-19-28(48)62-39-36(64-42-35(55)32(52)29(49)23(4)57-42)25(6)59-45(40(39)63-41(56)21(2)22(3)47)66-38-34(54)31(51)27(20-46)61-44(38)65-37-33(53)30(50)24(5)58-43(37)60-26/h21-27,29-40,42-47,49-55H,7-20H2,1-6H3/t21-,22+,23-,24-,25+,26+,27-,29-,30-,31-,32+,33+,34+,35-,36+,37-,38-,39-,40-,42+,43+,44+,45+/m1/s1. The van der Waals surface area contributed by atoms with E-state index in [0.29, 0.717) is 25.7 Å². The van der Waals surface area contributed by atoms with E-state index in [2.05, 4.69) is 6.92 Å². The summed E-state index contributed by atoms with van der Waals surface area (Å²) in [6, 6.07) is 0. The average molecular weight is 955 g/mol. The number of esters is 2. The maximum absolute atomic E-state index is 13.8. The van der Waals surface area contributed by atoms with Gasteiger partial charge in [0.1, 0.15) is 67.1 Å². The number of fused-ring (bicyclic) bond motifs is 4. The van der Waals surface area contributed by atoms with Gasteiger partial charge in [-0.3, -0.25) is 9.59 Å². The Bertz CT molecular complexity index is 1460. The number of carbonyl (C=O) groups excluding carboxylic acids is 2. The first kappa shape index (κ1) is 55.2. The van der Waals surface area contributed by atoms with E-state index in [4.69, 9.17) is 47.4 Å². The van der Waals surface area contributed by atoms with Crippen molar-refractivity contribution >= 4 is 11.9 Å². The molecule has 21 nitrogen and oxygen atoms in total. The predicted molar refractivity (Wildman–Crippen MR) is 227 cm³/mol. The first-order valence-electron chi connectivity index (χ1n) is 24.1. The molecule has 384 valence electrons. The number of ether oxygens (including phenoxy) is 10. The smallest absolute Gasteiger partial charge is 0.311 e. The largest absolute Gasteiger partial charge is 0.455 e. The molecule has 0 radical (unpaired) electrons. The maximum atomic E-state index is 13.8. The van der Waals surface area contributed by atoms with Crippen LogP contribution >= 0.6 is 0 Å². The average Bonchev–Trinajstić information content (AvgIpc) is 3.28. The highest BCUT2D eigenvalue weighted by molar-refractivity contribution is 5.73. The molecule has 5 rings (SSSR count). The molecule has 0 aromatic carbocycles. The Morgan fingerprint density at radius 3 is 1.86 bits per heavy atom. The van der Waals surface area contributed by atoms with Crippen LogP contribution in [0.5, 0.6) is 0 Å². The zero-order chi connectivity index (χ0) is 48.4. The summed E-state index contributed by atoms with van der Waals surface area (Å²) in [5.41, 5.74) is 0. The lowest BCUT2D eigenvalue weighted by Gasteiger charge is -2.50. The van der Waals surface area contributed by atoms with Crippen LogP contribution in [0.3, 0.4) is 0 Å². The summed E-state index contributed by atoms with van der Waals surface area (Å²) in [5, 5.41) is 98.2. The van der Waals surface area contributed by atoms with Crippen molar-refractivity contribution < 1.29 is 103 Å². The zero-order valence-corrected chi connectivity index (χ0v) is 39.1. The Kier molecular flexibility index (Phi) is 21.7. The Morgan fingerprint density at radius 1 is 0.636 bits per heavy atom. The molecule has 0 saturated carbocycles. The van der Waals surface area contributed by atoms with Crippen LogP contribution in [0.15, 0.2) is 0 Å². The molecule has 5 aliphatic rings. The van der Waals surface area contributed by atoms with Crippen molar-refractivity contribution in [3.8, 4) is 0 Å². The van der Waals surface area contributed by atoms with E-state index < -0.39 is 153 Å². The fraction of sp³-hybridized carbons (Fsp3) is 0.956. The lowest BCUT2D eigenvalue weighted by atomic mass is 9.95. The third kappa shape index (κ3) is 14.0. The lowest BCUT2D eigenvalue weighted by molar-refractivity contribution is -0.399. The minimum atomic E-state index is -1.94. The molecule has 0 aromatic rings. The van der Waals surface area contributed by atoms with Crippen LogP contribution in [0.1, 0.15) is 125 Å². The van der Waals surface area contributed by atoms with E-state index in [9.17, 15) is 55.5 Å². The summed E-state index contributed by atoms with van der Waals surface area (Å²) in [5.74, 6) is -2.90. The SMILES string of the molecule is CCCCC[C@H]1CCCCCCCCCC(=O)O[C@@H]2[C@@H](O[C@@H]3O[C@H](C)[C@@H](O)[C@H](O)[C@H]3O)[C@H](C)O[C@@H](O[C@H]3[C@H](O[C@H]4[C@H](O1)O[C@H](C)[C@@H](O)[C@@H]4O)O[C@H](CO)[C@@H](O)[C@@H]3O)[C@@H]2OC(=O)[C@H](C)[C@H](C)O. The molecule has 23 atom stereocenters. The minimum Gasteiger partial charge on any atom is -0.455 e. The molecule has 66 heavy (non-hydrogen) atoms. The van der Waals surface area contributed by atoms with Gasteiger partial charge >= 0.3 is 11.9 Å². The molecule has 0 unspecified atom stereocenters. The molecular formula is C45H78O21. The highest BCUT2D eigenvalue weighted by Gasteiger charge is 2.57. The molecule has 2 bridgehead atoms. The normalized spacial score (nSPS) is 44.8. The van der Waals surface area contributed by atoms with E-state index in [-0.39, 0.29) is 12.5 Å². The number of hydrogen-bond acceptors (Lipinski definition) is 21. The predicted octanol–water partition coefficient (Wildman–Crippen LogP) is -0.0496. The van der Waals surface area contributed by atoms with Crippen LogP contribution in [-0.2, 0) is 57.0 Å². The number of aliphatic hydroxyl groups is 9. The van der Waals surface area contributed by atoms with Gasteiger partial charge in [0.05, 0.1) is 43.0 Å². The fourth-order valence-corrected chi connectivity index (χ4v) is 8.95. The minimum absolute atomic E-state index is 0.0622. The van der Waals surface area contributed by atoms with E-state index in [1.807, 2.05) is 0 Å². The molecule has 21 heteroatoms. The van der Waals surface area contributed by atoms with Crippen LogP contribution in [0, 0.1) is 5.92 Å². The molecule has 5 aliphatic heterocycles. The second kappa shape index (κ2) is 25.9. The summed E-state index contributed by atoms with van der Waals surface area (Å²) in [6.45, 7) is 8.51. The second-order valence-corrected chi connectivity index (χ2v) is 18.7. The molecule has 0 aromatic heterocycles. The Labute approximate surface area is 386 Å². The summed E-state index contributed by atoms with van der Waals surface area (Å²) < 4.78 is 61.8. The monoisotopic (exact) mass is 955 g/mol. The van der Waals surface area contributed by atoms with Gasteiger partial charge in [0, 0.05) is 6.42 Å². The third-order valence-corrected chi connectivity index (χ3v) is 13.5. The van der Waals surface area contributed by atoms with E-state index >= 15 is 0 Å². The Morgan fingerprint density at radius 2 is 1.21 bits per heavy atom. The van der Waals surface area contributed by atoms with Crippen molar-refractivity contribution in [2.24, 2.45) is 5.92 Å². The molecular weight excluding hydrogens is 876 g/mol. The van der Waals surface area contributed by atoms with Crippen molar-refractivity contribution in [2.45, 2.75) is 260 Å². The van der Waals surface area contributed by atoms with Gasteiger partial charge in [0.15, 0.2) is 37.4 Å². The van der Waals surface area contributed by atoms with Crippen LogP contribution in [0.2, 0.25) is 0 Å². The second-order valence-electron chi connectivity index (χ2n) is 18.7. The molecule has 5 saturated heterocycles. The molecule has 0 spiro atoms. The summed E-state index contributed by atoms with van der Waals surface area (Å²) in [4.78, 5) is 27.5. The Balaban J connectivity index is 1.57. The topological polar surface area (TPSA) is 309 Å². The molecule has 9 N–H and O–H groups in total. The summed E-state index contributed by atoms with van der Waals surface area (Å²) >= 11 is 0. The number of aliphatic hydroxyl groups excluding tert-OH is 9. The van der Waals surface area contributed by atoms with Crippen LogP contribution in [-0.4, -0.2) is 200 Å². The van der Waals surface area contributed by atoms with Gasteiger partial charge in [-0.15, -0.1) is 0 Å². The first-order valence-corrected chi connectivity index (χ1v) is 24.1. The lowest BCUT2D eigenvalue weighted by Crippen LogP contribution is -2.68. The van der Waals surface area contributed by atoms with Gasteiger partial charge in [-0.25, -0.2) is 0 Å². The van der Waals surface area contributed by atoms with Gasteiger partial charge < -0.3 is 93.3 Å². The van der Waals surface area contributed by atoms with E-state index in [1.165, 1.54) is 27.7 Å². The zero-order valence-electron chi connectivity index (χ0n) is 39.1. The van der Waals surface area contributed by atoms with Gasteiger partial charge in [0.2, 0.25) is 0 Å². The molecule has 5 heterocycles.